The molecule has 1 aliphatic heterocycles. The van der Waals surface area contributed by atoms with Gasteiger partial charge in [0.1, 0.15) is 5.00 Å². The lowest BCUT2D eigenvalue weighted by Crippen LogP contribution is -2.34. The second-order valence-corrected chi connectivity index (χ2v) is 11.3. The summed E-state index contributed by atoms with van der Waals surface area (Å²) < 4.78 is 30.2. The number of rotatable bonds is 6. The largest absolute Gasteiger partial charge is 0.462 e. The molecule has 0 saturated heterocycles. The summed E-state index contributed by atoms with van der Waals surface area (Å²) in [5.74, 6) is -1.12. The standard InChI is InChI=1S/C22H26N2O6S2/c1-5-30-22(27)19-17-9-10-24(14(4)25)12-18(17)31-21(19)23-20(26)15-7-6-8-16(11-15)32(28,29)13(2)3/h6-8,11,13H,5,9-10,12H2,1-4H3,(H,23,26). The molecule has 0 saturated carbocycles. The summed E-state index contributed by atoms with van der Waals surface area (Å²) in [5.41, 5.74) is 1.24. The highest BCUT2D eigenvalue weighted by Gasteiger charge is 2.30. The summed E-state index contributed by atoms with van der Waals surface area (Å²) in [7, 11) is -3.54. The van der Waals surface area contributed by atoms with Crippen LogP contribution in [0.2, 0.25) is 0 Å². The van der Waals surface area contributed by atoms with Crippen LogP contribution in [0.5, 0.6) is 0 Å². The van der Waals surface area contributed by atoms with E-state index in [-0.39, 0.29) is 23.0 Å². The number of sulfone groups is 1. The first-order valence-electron chi connectivity index (χ1n) is 10.3. The molecule has 0 atom stereocenters. The zero-order valence-electron chi connectivity index (χ0n) is 18.4. The molecule has 2 heterocycles. The first-order valence-corrected chi connectivity index (χ1v) is 12.6. The number of thiophene rings is 1. The molecular formula is C22H26N2O6S2. The lowest BCUT2D eigenvalue weighted by Gasteiger charge is -2.25. The molecule has 2 aromatic rings. The van der Waals surface area contributed by atoms with Crippen LogP contribution >= 0.6 is 11.3 Å². The van der Waals surface area contributed by atoms with Gasteiger partial charge < -0.3 is 15.0 Å². The second kappa shape index (κ2) is 9.41. The third-order valence-electron chi connectivity index (χ3n) is 5.25. The molecule has 0 aliphatic carbocycles. The van der Waals surface area contributed by atoms with Gasteiger partial charge in [0.15, 0.2) is 9.84 Å². The minimum atomic E-state index is -3.54. The molecule has 10 heteroatoms. The number of anilines is 1. The van der Waals surface area contributed by atoms with E-state index in [0.717, 1.165) is 10.4 Å². The van der Waals surface area contributed by atoms with E-state index in [2.05, 4.69) is 5.32 Å². The number of fused-ring (bicyclic) bond motifs is 1. The number of esters is 1. The van der Waals surface area contributed by atoms with Crippen molar-refractivity contribution in [2.45, 2.75) is 50.8 Å². The van der Waals surface area contributed by atoms with E-state index in [4.69, 9.17) is 4.74 Å². The number of hydrogen-bond donors (Lipinski definition) is 1. The number of amides is 2. The lowest BCUT2D eigenvalue weighted by atomic mass is 10.0. The molecule has 32 heavy (non-hydrogen) atoms. The Bertz CT molecular complexity index is 1170. The Kier molecular flexibility index (Phi) is 7.04. The third-order valence-corrected chi connectivity index (χ3v) is 8.54. The van der Waals surface area contributed by atoms with Crippen molar-refractivity contribution in [2.75, 3.05) is 18.5 Å². The Hall–Kier alpha value is -2.72. The topological polar surface area (TPSA) is 110 Å². The van der Waals surface area contributed by atoms with Gasteiger partial charge in [0.25, 0.3) is 5.91 Å². The Morgan fingerprint density at radius 3 is 2.59 bits per heavy atom. The summed E-state index contributed by atoms with van der Waals surface area (Å²) in [6.45, 7) is 7.38. The molecule has 0 bridgehead atoms. The number of ether oxygens (including phenoxy) is 1. The van der Waals surface area contributed by atoms with Gasteiger partial charge in [-0.05, 0) is 51.0 Å². The summed E-state index contributed by atoms with van der Waals surface area (Å²) in [6.07, 6.45) is 0.484. The van der Waals surface area contributed by atoms with E-state index >= 15 is 0 Å². The Morgan fingerprint density at radius 2 is 1.97 bits per heavy atom. The van der Waals surface area contributed by atoms with Crippen LogP contribution in [0.1, 0.15) is 58.9 Å². The van der Waals surface area contributed by atoms with Crippen LogP contribution in [-0.4, -0.2) is 49.5 Å². The van der Waals surface area contributed by atoms with Crippen LogP contribution in [0.4, 0.5) is 5.00 Å². The molecule has 8 nitrogen and oxygen atoms in total. The van der Waals surface area contributed by atoms with Crippen molar-refractivity contribution in [1.82, 2.24) is 4.90 Å². The van der Waals surface area contributed by atoms with Gasteiger partial charge in [-0.3, -0.25) is 9.59 Å². The lowest BCUT2D eigenvalue weighted by molar-refractivity contribution is -0.129. The highest BCUT2D eigenvalue weighted by atomic mass is 32.2. The fourth-order valence-corrected chi connectivity index (χ4v) is 5.79. The van der Waals surface area contributed by atoms with Gasteiger partial charge in [0.2, 0.25) is 5.91 Å². The van der Waals surface area contributed by atoms with Crippen LogP contribution in [0.3, 0.4) is 0 Å². The fourth-order valence-electron chi connectivity index (χ4n) is 3.44. The van der Waals surface area contributed by atoms with Gasteiger partial charge in [0, 0.05) is 23.9 Å². The number of hydrogen-bond acceptors (Lipinski definition) is 7. The van der Waals surface area contributed by atoms with Crippen LogP contribution < -0.4 is 5.32 Å². The Balaban J connectivity index is 1.96. The highest BCUT2D eigenvalue weighted by molar-refractivity contribution is 7.92. The van der Waals surface area contributed by atoms with Crippen molar-refractivity contribution in [3.8, 4) is 0 Å². The van der Waals surface area contributed by atoms with Crippen molar-refractivity contribution in [1.29, 1.82) is 0 Å². The molecule has 0 radical (unpaired) electrons. The summed E-state index contributed by atoms with van der Waals surface area (Å²) in [5, 5.41) is 2.47. The fraction of sp³-hybridized carbons (Fsp3) is 0.409. The normalized spacial score (nSPS) is 13.6. The molecular weight excluding hydrogens is 452 g/mol. The maximum Gasteiger partial charge on any atom is 0.341 e. The average Bonchev–Trinajstić information content (AvgIpc) is 3.10. The monoisotopic (exact) mass is 478 g/mol. The maximum atomic E-state index is 13.0. The molecule has 0 spiro atoms. The third kappa shape index (κ3) is 4.71. The van der Waals surface area contributed by atoms with E-state index in [9.17, 15) is 22.8 Å². The van der Waals surface area contributed by atoms with Gasteiger partial charge in [-0.1, -0.05) is 6.07 Å². The minimum absolute atomic E-state index is 0.0597. The maximum absolute atomic E-state index is 13.0. The minimum Gasteiger partial charge on any atom is -0.462 e. The van der Waals surface area contributed by atoms with Gasteiger partial charge in [-0.15, -0.1) is 11.3 Å². The molecule has 0 unspecified atom stereocenters. The molecule has 3 rings (SSSR count). The van der Waals surface area contributed by atoms with Crippen LogP contribution in [-0.2, 0) is 32.3 Å². The van der Waals surface area contributed by atoms with Crippen molar-refractivity contribution in [3.63, 3.8) is 0 Å². The molecule has 2 amide bonds. The zero-order valence-corrected chi connectivity index (χ0v) is 20.1. The van der Waals surface area contributed by atoms with E-state index in [0.29, 0.717) is 30.1 Å². The van der Waals surface area contributed by atoms with Crippen molar-refractivity contribution < 1.29 is 27.5 Å². The van der Waals surface area contributed by atoms with Crippen LogP contribution in [0, 0.1) is 0 Å². The van der Waals surface area contributed by atoms with Gasteiger partial charge in [0.05, 0.1) is 28.9 Å². The summed E-state index contributed by atoms with van der Waals surface area (Å²) >= 11 is 1.23. The smallest absolute Gasteiger partial charge is 0.341 e. The first-order chi connectivity index (χ1) is 15.1. The van der Waals surface area contributed by atoms with Crippen molar-refractivity contribution in [3.05, 3.63) is 45.8 Å². The number of nitrogens with zero attached hydrogens (tertiary/aromatic N) is 1. The second-order valence-electron chi connectivity index (χ2n) is 7.69. The van der Waals surface area contributed by atoms with Crippen LogP contribution in [0.25, 0.3) is 0 Å². The molecule has 172 valence electrons. The van der Waals surface area contributed by atoms with E-state index in [1.54, 1.807) is 25.7 Å². The first kappa shape index (κ1) is 23.9. The zero-order chi connectivity index (χ0) is 23.6. The molecule has 1 N–H and O–H groups in total. The van der Waals surface area contributed by atoms with Gasteiger partial charge in [-0.25, -0.2) is 13.2 Å². The number of nitrogens with one attached hydrogen (secondary N) is 1. The Morgan fingerprint density at radius 1 is 1.25 bits per heavy atom. The predicted molar refractivity (Wildman–Crippen MR) is 122 cm³/mol. The van der Waals surface area contributed by atoms with E-state index in [1.807, 2.05) is 0 Å². The van der Waals surface area contributed by atoms with E-state index in [1.165, 1.54) is 42.5 Å². The summed E-state index contributed by atoms with van der Waals surface area (Å²) in [6, 6.07) is 5.82. The molecule has 1 aromatic carbocycles. The highest BCUT2D eigenvalue weighted by Crippen LogP contribution is 2.38. The number of benzene rings is 1. The number of carbonyl (C=O) groups is 3. The predicted octanol–water partition coefficient (Wildman–Crippen LogP) is 3.26. The number of carbonyl (C=O) groups excluding carboxylic acids is 3. The molecule has 1 aromatic heterocycles. The quantitative estimate of drug-likeness (QED) is 0.638. The van der Waals surface area contributed by atoms with Crippen LogP contribution in [0.15, 0.2) is 29.2 Å². The van der Waals surface area contributed by atoms with Crippen molar-refractivity contribution >= 4 is 44.0 Å². The Labute approximate surface area is 191 Å². The average molecular weight is 479 g/mol. The summed E-state index contributed by atoms with van der Waals surface area (Å²) in [4.78, 5) is 40.0. The molecule has 0 fully saturated rings. The van der Waals surface area contributed by atoms with Gasteiger partial charge >= 0.3 is 5.97 Å². The van der Waals surface area contributed by atoms with Crippen molar-refractivity contribution in [2.24, 2.45) is 0 Å². The van der Waals surface area contributed by atoms with E-state index < -0.39 is 27.0 Å². The SMILES string of the molecule is CCOC(=O)c1c(NC(=O)c2cccc(S(=O)(=O)C(C)C)c2)sc2c1CCN(C(C)=O)C2. The van der Waals surface area contributed by atoms with Gasteiger partial charge in [-0.2, -0.15) is 0 Å². The molecule has 1 aliphatic rings.